The van der Waals surface area contributed by atoms with Gasteiger partial charge in [-0.25, -0.2) is 0 Å². The maximum atomic E-state index is 9.82. The van der Waals surface area contributed by atoms with Gasteiger partial charge in [0.05, 0.1) is 19.8 Å². The molecular formula is C7H18O5. The molecular weight excluding hydrogens is 164 g/mol. The van der Waals surface area contributed by atoms with Crippen molar-refractivity contribution in [2.75, 3.05) is 26.9 Å². The highest BCUT2D eigenvalue weighted by Crippen LogP contribution is 1.69. The van der Waals surface area contributed by atoms with Gasteiger partial charge in [-0.1, -0.05) is 0 Å². The van der Waals surface area contributed by atoms with Crippen LogP contribution in [0.25, 0.3) is 0 Å². The van der Waals surface area contributed by atoms with Crippen LogP contribution in [0.1, 0.15) is 13.8 Å². The average Bonchev–Trinajstić information content (AvgIpc) is 1.90. The zero-order chi connectivity index (χ0) is 9.11. The predicted molar refractivity (Wildman–Crippen MR) is 44.9 cm³/mol. The van der Waals surface area contributed by atoms with Crippen molar-refractivity contribution in [2.45, 2.75) is 13.8 Å². The van der Waals surface area contributed by atoms with Gasteiger partial charge < -0.3 is 20.1 Å². The van der Waals surface area contributed by atoms with E-state index in [0.717, 1.165) is 0 Å². The molecule has 0 radical (unpaired) electrons. The quantitative estimate of drug-likeness (QED) is 0.588. The number of methoxy groups -OCH3 is 1. The second kappa shape index (κ2) is 16.7. The molecule has 0 heterocycles. The standard InChI is InChI=1S/C4H8O2.C3H8O2.H2O/c1-3-6-4(2)5;1-5-3-2-4;/h3H2,1-2H3;4H,2-3H2,1H3;1H2. The van der Waals surface area contributed by atoms with E-state index in [-0.39, 0.29) is 18.1 Å². The highest BCUT2D eigenvalue weighted by Gasteiger charge is 1.81. The van der Waals surface area contributed by atoms with E-state index in [9.17, 15) is 4.79 Å². The Morgan fingerprint density at radius 3 is 2.00 bits per heavy atom. The van der Waals surface area contributed by atoms with Crippen molar-refractivity contribution < 1.29 is 24.9 Å². The molecule has 0 unspecified atom stereocenters. The van der Waals surface area contributed by atoms with Crippen molar-refractivity contribution in [1.29, 1.82) is 0 Å². The maximum absolute atomic E-state index is 9.82. The molecule has 0 bridgehead atoms. The Balaban J connectivity index is -0.000000126. The number of carbonyl (C=O) groups is 1. The largest absolute Gasteiger partial charge is 0.466 e. The summed E-state index contributed by atoms with van der Waals surface area (Å²) in [5.41, 5.74) is 0. The van der Waals surface area contributed by atoms with Gasteiger partial charge >= 0.3 is 5.97 Å². The van der Waals surface area contributed by atoms with Crippen LogP contribution in [0.2, 0.25) is 0 Å². The summed E-state index contributed by atoms with van der Waals surface area (Å²) in [7, 11) is 1.55. The molecule has 0 rings (SSSR count). The molecule has 0 aromatic rings. The van der Waals surface area contributed by atoms with Gasteiger partial charge in [0.1, 0.15) is 0 Å². The lowest BCUT2D eigenvalue weighted by molar-refractivity contribution is -0.140. The van der Waals surface area contributed by atoms with Crippen LogP contribution in [0.4, 0.5) is 0 Å². The summed E-state index contributed by atoms with van der Waals surface area (Å²) in [5.74, 6) is -0.211. The van der Waals surface area contributed by atoms with Gasteiger partial charge in [0.15, 0.2) is 0 Å². The first-order valence-corrected chi connectivity index (χ1v) is 3.42. The molecule has 0 amide bonds. The second-order valence-electron chi connectivity index (χ2n) is 1.64. The van der Waals surface area contributed by atoms with Gasteiger partial charge in [-0.15, -0.1) is 0 Å². The molecule has 0 atom stereocenters. The molecule has 0 aromatic heterocycles. The van der Waals surface area contributed by atoms with Gasteiger partial charge in [0.2, 0.25) is 0 Å². The van der Waals surface area contributed by atoms with Crippen molar-refractivity contribution in [3.05, 3.63) is 0 Å². The number of esters is 1. The number of hydrogen-bond donors (Lipinski definition) is 1. The molecule has 0 saturated heterocycles. The van der Waals surface area contributed by atoms with Crippen LogP contribution in [0.5, 0.6) is 0 Å². The normalized spacial score (nSPS) is 7.33. The lowest BCUT2D eigenvalue weighted by Crippen LogP contribution is -1.95. The molecule has 0 aromatic carbocycles. The minimum atomic E-state index is -0.211. The Bertz CT molecular complexity index is 81.9. The molecule has 3 N–H and O–H groups in total. The molecule has 0 aliphatic carbocycles. The number of hydrogen-bond acceptors (Lipinski definition) is 4. The predicted octanol–water partition coefficient (Wildman–Crippen LogP) is -0.630. The molecule has 12 heavy (non-hydrogen) atoms. The molecule has 0 saturated carbocycles. The lowest BCUT2D eigenvalue weighted by atomic mass is 10.8. The van der Waals surface area contributed by atoms with E-state index in [1.165, 1.54) is 6.92 Å². The smallest absolute Gasteiger partial charge is 0.302 e. The highest BCUT2D eigenvalue weighted by atomic mass is 16.5. The van der Waals surface area contributed by atoms with Crippen LogP contribution >= 0.6 is 0 Å². The van der Waals surface area contributed by atoms with Gasteiger partial charge in [-0.2, -0.15) is 0 Å². The first kappa shape index (κ1) is 17.4. The Morgan fingerprint density at radius 2 is 2.00 bits per heavy atom. The first-order valence-electron chi connectivity index (χ1n) is 3.42. The lowest BCUT2D eigenvalue weighted by Gasteiger charge is -1.89. The molecule has 5 heteroatoms. The van der Waals surface area contributed by atoms with E-state index in [1.807, 2.05) is 0 Å². The monoisotopic (exact) mass is 182 g/mol. The topological polar surface area (TPSA) is 87.3 Å². The van der Waals surface area contributed by atoms with Crippen LogP contribution in [-0.2, 0) is 14.3 Å². The summed E-state index contributed by atoms with van der Waals surface area (Å²) in [4.78, 5) is 9.82. The van der Waals surface area contributed by atoms with Crippen molar-refractivity contribution in [1.82, 2.24) is 0 Å². The molecule has 0 aliphatic heterocycles. The summed E-state index contributed by atoms with van der Waals surface area (Å²) in [6.45, 7) is 4.22. The minimum absolute atomic E-state index is 0. The highest BCUT2D eigenvalue weighted by molar-refractivity contribution is 5.65. The summed E-state index contributed by atoms with van der Waals surface area (Å²) >= 11 is 0. The van der Waals surface area contributed by atoms with E-state index in [1.54, 1.807) is 14.0 Å². The molecule has 0 aliphatic rings. The third-order valence-electron chi connectivity index (χ3n) is 0.643. The van der Waals surface area contributed by atoms with Crippen LogP contribution < -0.4 is 0 Å². The zero-order valence-electron chi connectivity index (χ0n) is 7.79. The summed E-state index contributed by atoms with van der Waals surface area (Å²) < 4.78 is 8.84. The Morgan fingerprint density at radius 1 is 1.50 bits per heavy atom. The van der Waals surface area contributed by atoms with Crippen molar-refractivity contribution >= 4 is 5.97 Å². The Kier molecular flexibility index (Phi) is 24.3. The summed E-state index contributed by atoms with van der Waals surface area (Å²) in [6, 6.07) is 0. The number of carbonyl (C=O) groups excluding carboxylic acids is 1. The van der Waals surface area contributed by atoms with E-state index in [2.05, 4.69) is 9.47 Å². The maximum Gasteiger partial charge on any atom is 0.302 e. The third-order valence-corrected chi connectivity index (χ3v) is 0.643. The van der Waals surface area contributed by atoms with E-state index >= 15 is 0 Å². The number of aliphatic hydroxyl groups is 1. The third kappa shape index (κ3) is 34.5. The number of rotatable bonds is 3. The van der Waals surface area contributed by atoms with Gasteiger partial charge in [0, 0.05) is 14.0 Å². The fourth-order valence-corrected chi connectivity index (χ4v) is 0.295. The first-order chi connectivity index (χ1) is 5.18. The molecule has 76 valence electrons. The van der Waals surface area contributed by atoms with Gasteiger partial charge in [0.25, 0.3) is 0 Å². The molecule has 0 spiro atoms. The van der Waals surface area contributed by atoms with E-state index in [0.29, 0.717) is 13.2 Å². The van der Waals surface area contributed by atoms with Crippen molar-refractivity contribution in [3.8, 4) is 0 Å². The van der Waals surface area contributed by atoms with Crippen LogP contribution in [0.3, 0.4) is 0 Å². The second-order valence-corrected chi connectivity index (χ2v) is 1.64. The van der Waals surface area contributed by atoms with Crippen molar-refractivity contribution in [3.63, 3.8) is 0 Å². The van der Waals surface area contributed by atoms with Gasteiger partial charge in [-0.3, -0.25) is 4.79 Å². The Labute approximate surface area is 72.6 Å². The number of aliphatic hydroxyl groups excluding tert-OH is 1. The van der Waals surface area contributed by atoms with E-state index < -0.39 is 0 Å². The van der Waals surface area contributed by atoms with Crippen LogP contribution in [0, 0.1) is 0 Å². The fraction of sp³-hybridized carbons (Fsp3) is 0.857. The summed E-state index contributed by atoms with van der Waals surface area (Å²) in [5, 5.41) is 7.94. The molecule has 0 fully saturated rings. The average molecular weight is 182 g/mol. The van der Waals surface area contributed by atoms with Gasteiger partial charge in [-0.05, 0) is 6.92 Å². The number of ether oxygens (including phenoxy) is 2. The van der Waals surface area contributed by atoms with Crippen LogP contribution in [-0.4, -0.2) is 43.5 Å². The minimum Gasteiger partial charge on any atom is -0.466 e. The Hall–Kier alpha value is -0.650. The fourth-order valence-electron chi connectivity index (χ4n) is 0.295. The zero-order valence-corrected chi connectivity index (χ0v) is 7.79. The van der Waals surface area contributed by atoms with Crippen molar-refractivity contribution in [2.24, 2.45) is 0 Å². The van der Waals surface area contributed by atoms with Crippen LogP contribution in [0.15, 0.2) is 0 Å². The summed E-state index contributed by atoms with van der Waals surface area (Å²) in [6.07, 6.45) is 0. The SMILES string of the molecule is CCOC(C)=O.COCCO.O. The molecule has 5 nitrogen and oxygen atoms in total. The van der Waals surface area contributed by atoms with E-state index in [4.69, 9.17) is 5.11 Å².